The average molecular weight is 390 g/mol. The second-order valence-electron chi connectivity index (χ2n) is 6.22. The summed E-state index contributed by atoms with van der Waals surface area (Å²) >= 11 is 0. The highest BCUT2D eigenvalue weighted by Crippen LogP contribution is 2.38. The van der Waals surface area contributed by atoms with Gasteiger partial charge in [0.15, 0.2) is 0 Å². The molecule has 0 bridgehead atoms. The van der Waals surface area contributed by atoms with Crippen molar-refractivity contribution < 1.29 is 28.6 Å². The van der Waals surface area contributed by atoms with Gasteiger partial charge in [-0.2, -0.15) is 0 Å². The zero-order valence-corrected chi connectivity index (χ0v) is 16.8. The maximum Gasteiger partial charge on any atom is 0.413 e. The lowest BCUT2D eigenvalue weighted by molar-refractivity contribution is -0.139. The number of nitrogens with zero attached hydrogens (tertiary/aromatic N) is 1. The molecular weight excluding hydrogens is 364 g/mol. The second kappa shape index (κ2) is 9.25. The van der Waals surface area contributed by atoms with E-state index in [2.05, 4.69) is 5.32 Å². The lowest BCUT2D eigenvalue weighted by Crippen LogP contribution is -2.35. The molecule has 2 aliphatic rings. The van der Waals surface area contributed by atoms with Gasteiger partial charge in [-0.15, -0.1) is 0 Å². The van der Waals surface area contributed by atoms with Crippen LogP contribution in [-0.4, -0.2) is 49.8 Å². The van der Waals surface area contributed by atoms with Gasteiger partial charge in [0.05, 0.1) is 37.4 Å². The summed E-state index contributed by atoms with van der Waals surface area (Å²) in [4.78, 5) is 38.5. The van der Waals surface area contributed by atoms with Gasteiger partial charge < -0.3 is 19.5 Å². The van der Waals surface area contributed by atoms with Gasteiger partial charge in [-0.1, -0.05) is 6.08 Å². The van der Waals surface area contributed by atoms with Crippen molar-refractivity contribution in [3.63, 3.8) is 0 Å². The minimum Gasteiger partial charge on any atom is -0.463 e. The Kier molecular flexibility index (Phi) is 7.03. The van der Waals surface area contributed by atoms with Crippen molar-refractivity contribution in [3.05, 3.63) is 46.5 Å². The van der Waals surface area contributed by atoms with Crippen LogP contribution < -0.4 is 5.32 Å². The van der Waals surface area contributed by atoms with E-state index < -0.39 is 23.9 Å². The summed E-state index contributed by atoms with van der Waals surface area (Å²) in [6.07, 6.45) is 4.55. The standard InChI is InChI=1S/C20H26N2O6/c1-6-27-18(23)15-12(3)21-13(4)16(19(24)28-7-2)17(15)14-8-10-22(11-9-14)20(25)26-5/h8-10,17,21H,6-7,11H2,1-5H3. The molecule has 1 amide bonds. The summed E-state index contributed by atoms with van der Waals surface area (Å²) < 4.78 is 15.2. The number of hydrogen-bond donors (Lipinski definition) is 1. The fourth-order valence-electron chi connectivity index (χ4n) is 3.26. The number of allylic oxidation sites excluding steroid dienone is 4. The van der Waals surface area contributed by atoms with Crippen molar-refractivity contribution in [1.82, 2.24) is 10.2 Å². The monoisotopic (exact) mass is 390 g/mol. The van der Waals surface area contributed by atoms with Gasteiger partial charge in [0, 0.05) is 24.1 Å². The average Bonchev–Trinajstić information content (AvgIpc) is 2.67. The van der Waals surface area contributed by atoms with E-state index in [9.17, 15) is 14.4 Å². The third-order valence-electron chi connectivity index (χ3n) is 4.46. The Hall–Kier alpha value is -3.03. The van der Waals surface area contributed by atoms with Crippen LogP contribution in [0.4, 0.5) is 4.79 Å². The van der Waals surface area contributed by atoms with Crippen LogP contribution in [0.25, 0.3) is 0 Å². The molecule has 1 N–H and O–H groups in total. The van der Waals surface area contributed by atoms with Crippen LogP contribution in [0, 0.1) is 5.92 Å². The van der Waals surface area contributed by atoms with Gasteiger partial charge in [0.1, 0.15) is 0 Å². The largest absolute Gasteiger partial charge is 0.463 e. The molecule has 2 heterocycles. The SMILES string of the molecule is CCOC(=O)C1=C(C)NC(C)=C(C(=O)OCC)C1C1=CCN(C(=O)OC)C=C1. The first-order chi connectivity index (χ1) is 13.3. The maximum absolute atomic E-state index is 12.7. The van der Waals surface area contributed by atoms with Gasteiger partial charge in [-0.05, 0) is 39.3 Å². The molecule has 8 heteroatoms. The summed E-state index contributed by atoms with van der Waals surface area (Å²) in [5, 5.41) is 3.08. The predicted octanol–water partition coefficient (Wildman–Crippen LogP) is 2.40. The lowest BCUT2D eigenvalue weighted by Gasteiger charge is -2.32. The number of esters is 2. The fourth-order valence-corrected chi connectivity index (χ4v) is 3.26. The maximum atomic E-state index is 12.7. The van der Waals surface area contributed by atoms with E-state index in [4.69, 9.17) is 14.2 Å². The zero-order valence-electron chi connectivity index (χ0n) is 16.8. The van der Waals surface area contributed by atoms with Gasteiger partial charge in [0.25, 0.3) is 0 Å². The van der Waals surface area contributed by atoms with E-state index in [1.54, 1.807) is 46.0 Å². The molecule has 0 atom stereocenters. The number of methoxy groups -OCH3 is 1. The molecule has 0 aliphatic carbocycles. The van der Waals surface area contributed by atoms with Crippen molar-refractivity contribution in [2.45, 2.75) is 27.7 Å². The third kappa shape index (κ3) is 4.27. The number of hydrogen-bond acceptors (Lipinski definition) is 7. The summed E-state index contributed by atoms with van der Waals surface area (Å²) in [7, 11) is 1.30. The smallest absolute Gasteiger partial charge is 0.413 e. The van der Waals surface area contributed by atoms with Crippen molar-refractivity contribution in [1.29, 1.82) is 0 Å². The van der Waals surface area contributed by atoms with Crippen molar-refractivity contribution >= 4 is 18.0 Å². The number of carbonyl (C=O) groups excluding carboxylic acids is 3. The van der Waals surface area contributed by atoms with E-state index >= 15 is 0 Å². The summed E-state index contributed by atoms with van der Waals surface area (Å²) in [6.45, 7) is 7.65. The second-order valence-corrected chi connectivity index (χ2v) is 6.22. The van der Waals surface area contributed by atoms with Crippen LogP contribution in [-0.2, 0) is 23.8 Å². The van der Waals surface area contributed by atoms with E-state index in [1.165, 1.54) is 12.0 Å². The van der Waals surface area contributed by atoms with Gasteiger partial charge >= 0.3 is 18.0 Å². The first-order valence-corrected chi connectivity index (χ1v) is 9.11. The van der Waals surface area contributed by atoms with E-state index in [1.807, 2.05) is 0 Å². The highest BCUT2D eigenvalue weighted by atomic mass is 16.5. The molecule has 0 radical (unpaired) electrons. The lowest BCUT2D eigenvalue weighted by atomic mass is 9.79. The summed E-state index contributed by atoms with van der Waals surface area (Å²) in [6, 6.07) is 0. The van der Waals surface area contributed by atoms with E-state index in [0.29, 0.717) is 28.1 Å². The van der Waals surface area contributed by atoms with Crippen LogP contribution in [0.1, 0.15) is 27.7 Å². The number of amides is 1. The Balaban J connectivity index is 2.50. The highest BCUT2D eigenvalue weighted by molar-refractivity contribution is 5.99. The van der Waals surface area contributed by atoms with E-state index in [-0.39, 0.29) is 19.8 Å². The Morgan fingerprint density at radius 3 is 2.00 bits per heavy atom. The van der Waals surface area contributed by atoms with Crippen LogP contribution in [0.2, 0.25) is 0 Å². The molecule has 0 aromatic rings. The van der Waals surface area contributed by atoms with Crippen LogP contribution in [0.5, 0.6) is 0 Å². The first-order valence-electron chi connectivity index (χ1n) is 9.11. The molecule has 8 nitrogen and oxygen atoms in total. The Labute approximate surface area is 164 Å². The molecule has 0 saturated carbocycles. The minimum absolute atomic E-state index is 0.213. The Morgan fingerprint density at radius 2 is 1.61 bits per heavy atom. The molecule has 0 spiro atoms. The highest BCUT2D eigenvalue weighted by Gasteiger charge is 2.38. The summed E-state index contributed by atoms with van der Waals surface area (Å²) in [5.41, 5.74) is 2.61. The molecule has 2 aliphatic heterocycles. The molecular formula is C20H26N2O6. The van der Waals surface area contributed by atoms with Crippen LogP contribution in [0.15, 0.2) is 46.5 Å². The number of dihydropyridines is 1. The molecule has 0 aromatic heterocycles. The number of nitrogens with one attached hydrogen (secondary N) is 1. The number of ether oxygens (including phenoxy) is 3. The van der Waals surface area contributed by atoms with Crippen molar-refractivity contribution in [3.8, 4) is 0 Å². The number of rotatable bonds is 5. The van der Waals surface area contributed by atoms with Gasteiger partial charge in [-0.3, -0.25) is 4.90 Å². The van der Waals surface area contributed by atoms with Gasteiger partial charge in [0.2, 0.25) is 0 Å². The zero-order chi connectivity index (χ0) is 20.8. The van der Waals surface area contributed by atoms with Crippen LogP contribution in [0.3, 0.4) is 0 Å². The van der Waals surface area contributed by atoms with Gasteiger partial charge in [-0.25, -0.2) is 14.4 Å². The van der Waals surface area contributed by atoms with Crippen molar-refractivity contribution in [2.24, 2.45) is 5.92 Å². The Morgan fingerprint density at radius 1 is 1.07 bits per heavy atom. The fraction of sp³-hybridized carbons (Fsp3) is 0.450. The van der Waals surface area contributed by atoms with E-state index in [0.717, 1.165) is 0 Å². The normalized spacial score (nSPS) is 17.2. The molecule has 152 valence electrons. The summed E-state index contributed by atoms with van der Waals surface area (Å²) in [5.74, 6) is -1.66. The van der Waals surface area contributed by atoms with Crippen LogP contribution >= 0.6 is 0 Å². The molecule has 0 fully saturated rings. The number of carbonyl (C=O) groups is 3. The molecule has 0 saturated heterocycles. The Bertz CT molecular complexity index is 751. The first kappa shape index (κ1) is 21.3. The quantitative estimate of drug-likeness (QED) is 0.569. The minimum atomic E-state index is -0.657. The van der Waals surface area contributed by atoms with Crippen molar-refractivity contribution in [2.75, 3.05) is 26.9 Å². The molecule has 0 unspecified atom stereocenters. The molecule has 28 heavy (non-hydrogen) atoms. The molecule has 0 aromatic carbocycles. The topological polar surface area (TPSA) is 94.2 Å². The third-order valence-corrected chi connectivity index (χ3v) is 4.46. The molecule has 2 rings (SSSR count). The predicted molar refractivity (Wildman–Crippen MR) is 102 cm³/mol.